The van der Waals surface area contributed by atoms with Crippen LogP contribution in [0.15, 0.2) is 47.4 Å². The standard InChI is InChI=1S/C19H9Cl7O3S.Na/c20-10-4-1-8(2-5-10)13(9-3-6-11(21)12(7-9)30(27,28)29)14-15(22)17(24)19(26)18(25)16(14)23;/h1-7,13H,(H,27,28,29);/q;+1/p-1. The third-order valence-corrected chi connectivity index (χ3v) is 8.17. The summed E-state index contributed by atoms with van der Waals surface area (Å²) in [4.78, 5) is -0.584. The van der Waals surface area contributed by atoms with Crippen LogP contribution in [0.2, 0.25) is 35.2 Å². The first-order chi connectivity index (χ1) is 13.9. The molecule has 3 aromatic carbocycles. The van der Waals surface area contributed by atoms with Crippen molar-refractivity contribution in [2.75, 3.05) is 0 Å². The first kappa shape index (κ1) is 27.8. The van der Waals surface area contributed by atoms with Gasteiger partial charge in [-0.2, -0.15) is 0 Å². The van der Waals surface area contributed by atoms with Crippen LogP contribution in [0.5, 0.6) is 0 Å². The molecule has 0 aliphatic rings. The van der Waals surface area contributed by atoms with Gasteiger partial charge in [-0.25, -0.2) is 8.42 Å². The minimum atomic E-state index is -4.85. The van der Waals surface area contributed by atoms with E-state index in [4.69, 9.17) is 81.2 Å². The van der Waals surface area contributed by atoms with E-state index in [2.05, 4.69) is 0 Å². The van der Waals surface area contributed by atoms with Gasteiger partial charge in [0.1, 0.15) is 10.1 Å². The molecular weight excluding hydrogens is 579 g/mol. The monoisotopic (exact) mass is 584 g/mol. The average Bonchev–Trinajstić information content (AvgIpc) is 2.69. The zero-order chi connectivity index (χ0) is 22.4. The fourth-order valence-corrected chi connectivity index (χ4v) is 5.43. The van der Waals surface area contributed by atoms with E-state index in [-0.39, 0.29) is 65.3 Å². The molecule has 3 aromatic rings. The molecule has 0 radical (unpaired) electrons. The Balaban J connectivity index is 0.00000341. The van der Waals surface area contributed by atoms with E-state index in [0.29, 0.717) is 16.1 Å². The van der Waals surface area contributed by atoms with Crippen LogP contribution in [0.3, 0.4) is 0 Å². The Labute approximate surface area is 236 Å². The van der Waals surface area contributed by atoms with Crippen molar-refractivity contribution < 1.29 is 42.5 Å². The third kappa shape index (κ3) is 5.82. The normalized spacial score (nSPS) is 12.4. The smallest absolute Gasteiger partial charge is 0.744 e. The molecule has 0 spiro atoms. The number of rotatable bonds is 4. The molecule has 0 saturated heterocycles. The fraction of sp³-hybridized carbons (Fsp3) is 0.0526. The van der Waals surface area contributed by atoms with Crippen LogP contribution < -0.4 is 29.6 Å². The van der Waals surface area contributed by atoms with Crippen molar-refractivity contribution in [1.29, 1.82) is 0 Å². The van der Waals surface area contributed by atoms with E-state index in [9.17, 15) is 13.0 Å². The van der Waals surface area contributed by atoms with Crippen LogP contribution in [0.25, 0.3) is 0 Å². The Hall–Kier alpha value is 0.600. The fourth-order valence-electron chi connectivity index (χ4n) is 2.95. The molecule has 0 N–H and O–H groups in total. The molecule has 0 aliphatic carbocycles. The topological polar surface area (TPSA) is 57.2 Å². The molecule has 0 aliphatic heterocycles. The number of hydrogen-bond acceptors (Lipinski definition) is 3. The Bertz CT molecular complexity index is 1220. The number of benzene rings is 3. The SMILES string of the molecule is O=S(=O)([O-])c1cc(C(c2ccc(Cl)cc2)c2c(Cl)c(Cl)c(Cl)c(Cl)c2Cl)ccc1Cl.[Na+]. The van der Waals surface area contributed by atoms with Crippen molar-refractivity contribution >= 4 is 91.3 Å². The molecule has 1 atom stereocenters. The maximum atomic E-state index is 11.7. The molecule has 12 heteroatoms. The van der Waals surface area contributed by atoms with Gasteiger partial charge >= 0.3 is 29.6 Å². The van der Waals surface area contributed by atoms with Crippen LogP contribution in [-0.4, -0.2) is 13.0 Å². The van der Waals surface area contributed by atoms with Gasteiger partial charge in [-0.1, -0.05) is 99.4 Å². The van der Waals surface area contributed by atoms with Crippen molar-refractivity contribution in [2.24, 2.45) is 0 Å². The van der Waals surface area contributed by atoms with Gasteiger partial charge in [0, 0.05) is 16.5 Å². The summed E-state index contributed by atoms with van der Waals surface area (Å²) in [5, 5.41) is 0.245. The van der Waals surface area contributed by atoms with E-state index in [1.165, 1.54) is 6.07 Å². The van der Waals surface area contributed by atoms with E-state index in [1.807, 2.05) is 0 Å². The van der Waals surface area contributed by atoms with Crippen molar-refractivity contribution in [3.8, 4) is 0 Å². The van der Waals surface area contributed by atoms with Gasteiger partial charge in [-0.15, -0.1) is 0 Å². The Morgan fingerprint density at radius 2 is 1.13 bits per heavy atom. The first-order valence-electron chi connectivity index (χ1n) is 7.95. The van der Waals surface area contributed by atoms with Gasteiger partial charge in [-0.05, 0) is 35.4 Å². The maximum Gasteiger partial charge on any atom is 1.00 e. The van der Waals surface area contributed by atoms with Gasteiger partial charge in [-0.3, -0.25) is 0 Å². The van der Waals surface area contributed by atoms with Crippen LogP contribution in [-0.2, 0) is 10.1 Å². The molecule has 0 aromatic heterocycles. The second-order valence-corrected chi connectivity index (χ2v) is 10.2. The van der Waals surface area contributed by atoms with Crippen LogP contribution in [0.4, 0.5) is 0 Å². The zero-order valence-corrected chi connectivity index (χ0v) is 23.5. The van der Waals surface area contributed by atoms with Crippen molar-refractivity contribution in [3.63, 3.8) is 0 Å². The molecule has 0 amide bonds. The van der Waals surface area contributed by atoms with E-state index in [1.54, 1.807) is 30.3 Å². The molecule has 3 rings (SSSR count). The van der Waals surface area contributed by atoms with Gasteiger partial charge in [0.2, 0.25) is 0 Å². The minimum Gasteiger partial charge on any atom is -0.744 e. The predicted molar refractivity (Wildman–Crippen MR) is 123 cm³/mol. The first-order valence-corrected chi connectivity index (χ1v) is 12.0. The van der Waals surface area contributed by atoms with Gasteiger partial charge < -0.3 is 4.55 Å². The third-order valence-electron chi connectivity index (χ3n) is 4.29. The number of halogens is 7. The van der Waals surface area contributed by atoms with Crippen molar-refractivity contribution in [2.45, 2.75) is 10.8 Å². The summed E-state index contributed by atoms with van der Waals surface area (Å²) in [7, 11) is -4.85. The largest absolute Gasteiger partial charge is 1.00 e. The molecule has 0 saturated carbocycles. The summed E-state index contributed by atoms with van der Waals surface area (Å²) in [5.74, 6) is -0.771. The van der Waals surface area contributed by atoms with Gasteiger partial charge in [0.15, 0.2) is 0 Å². The molecule has 158 valence electrons. The second-order valence-electron chi connectivity index (χ2n) is 6.11. The van der Waals surface area contributed by atoms with E-state index in [0.717, 1.165) is 6.07 Å². The summed E-state index contributed by atoms with van der Waals surface area (Å²) in [6.07, 6.45) is 0. The molecule has 0 fully saturated rings. The Kier molecular flexibility index (Phi) is 9.79. The van der Waals surface area contributed by atoms with Gasteiger partial charge in [0.25, 0.3) is 0 Å². The summed E-state index contributed by atoms with van der Waals surface area (Å²) in [5.41, 5.74) is 1.25. The minimum absolute atomic E-state index is 0. The summed E-state index contributed by atoms with van der Waals surface area (Å²) < 4.78 is 35.0. The molecular formula is C19H8Cl7NaO3S. The summed E-state index contributed by atoms with van der Waals surface area (Å²) in [6.45, 7) is 0. The van der Waals surface area contributed by atoms with Crippen molar-refractivity contribution in [3.05, 3.63) is 94.3 Å². The van der Waals surface area contributed by atoms with E-state index >= 15 is 0 Å². The van der Waals surface area contributed by atoms with Gasteiger partial charge in [0.05, 0.1) is 35.0 Å². The zero-order valence-electron chi connectivity index (χ0n) is 15.4. The second kappa shape index (κ2) is 10.9. The molecule has 31 heavy (non-hydrogen) atoms. The van der Waals surface area contributed by atoms with E-state index < -0.39 is 20.9 Å². The van der Waals surface area contributed by atoms with Crippen LogP contribution in [0, 0.1) is 0 Å². The quantitative estimate of drug-likeness (QED) is 0.136. The molecule has 3 nitrogen and oxygen atoms in total. The van der Waals surface area contributed by atoms with Crippen molar-refractivity contribution in [1.82, 2.24) is 0 Å². The molecule has 0 bridgehead atoms. The Morgan fingerprint density at radius 1 is 0.677 bits per heavy atom. The Morgan fingerprint density at radius 3 is 1.61 bits per heavy atom. The summed E-state index contributed by atoms with van der Waals surface area (Å²) in [6, 6.07) is 10.6. The predicted octanol–water partition coefficient (Wildman–Crippen LogP) is 5.35. The maximum absolute atomic E-state index is 11.7. The van der Waals surface area contributed by atoms with Crippen LogP contribution in [0.1, 0.15) is 22.6 Å². The summed E-state index contributed by atoms with van der Waals surface area (Å²) >= 11 is 43.4. The number of hydrogen-bond donors (Lipinski definition) is 0. The molecule has 1 unspecified atom stereocenters. The molecule has 0 heterocycles. The van der Waals surface area contributed by atoms with Crippen LogP contribution >= 0.6 is 81.2 Å². The average molecular weight is 587 g/mol.